The van der Waals surface area contributed by atoms with E-state index >= 15 is 0 Å². The van der Waals surface area contributed by atoms with Crippen LogP contribution in [0.1, 0.15) is 13.8 Å². The molecule has 4 rings (SSSR count). The molecule has 2 fully saturated rings. The molecule has 2 aliphatic rings. The molecule has 4 atom stereocenters. The summed E-state index contributed by atoms with van der Waals surface area (Å²) >= 11 is 0. The Morgan fingerprint density at radius 3 is 2.74 bits per heavy atom. The first-order valence-electron chi connectivity index (χ1n) is 7.66. The van der Waals surface area contributed by atoms with Crippen molar-refractivity contribution in [3.05, 3.63) is 36.5 Å². The first-order chi connectivity index (χ1) is 11.0. The largest absolute Gasteiger partial charge is 0.387 e. The Balaban J connectivity index is 1.45. The standard InChI is InChI=1S/C16H19N3O4/c1-16(2)22-14-13(20)12(21-15(14)23-16)9-19-8-11(17-18-19)10-6-4-3-5-7-10/h3-8,12-15,20H,9H2,1-2H3/t12-,13+,14-,15-/m1/s1. The van der Waals surface area contributed by atoms with Gasteiger partial charge in [-0.2, -0.15) is 0 Å². The molecule has 0 bridgehead atoms. The van der Waals surface area contributed by atoms with E-state index in [1.165, 1.54) is 0 Å². The van der Waals surface area contributed by atoms with Crippen LogP contribution in [-0.4, -0.2) is 50.5 Å². The average molecular weight is 317 g/mol. The third kappa shape index (κ3) is 2.76. The number of nitrogens with zero attached hydrogens (tertiary/aromatic N) is 3. The normalized spacial score (nSPS) is 32.1. The van der Waals surface area contributed by atoms with Crippen molar-refractivity contribution in [2.75, 3.05) is 0 Å². The molecule has 1 aromatic carbocycles. The van der Waals surface area contributed by atoms with Crippen molar-refractivity contribution < 1.29 is 19.3 Å². The van der Waals surface area contributed by atoms with E-state index in [1.54, 1.807) is 18.5 Å². The second-order valence-corrected chi connectivity index (χ2v) is 6.33. The first kappa shape index (κ1) is 14.8. The molecule has 0 amide bonds. The second-order valence-electron chi connectivity index (χ2n) is 6.33. The maximum atomic E-state index is 10.4. The van der Waals surface area contributed by atoms with E-state index < -0.39 is 30.4 Å². The minimum atomic E-state index is -0.758. The molecule has 3 heterocycles. The summed E-state index contributed by atoms with van der Waals surface area (Å²) in [6.07, 6.45) is -0.364. The van der Waals surface area contributed by atoms with Crippen LogP contribution in [0.2, 0.25) is 0 Å². The number of hydrogen-bond donors (Lipinski definition) is 1. The van der Waals surface area contributed by atoms with Crippen molar-refractivity contribution in [1.82, 2.24) is 15.0 Å². The van der Waals surface area contributed by atoms with Gasteiger partial charge >= 0.3 is 0 Å². The summed E-state index contributed by atoms with van der Waals surface area (Å²) in [7, 11) is 0. The zero-order valence-electron chi connectivity index (χ0n) is 13.0. The van der Waals surface area contributed by atoms with Crippen LogP contribution in [0.5, 0.6) is 0 Å². The Bertz CT molecular complexity index is 688. The van der Waals surface area contributed by atoms with E-state index in [1.807, 2.05) is 36.5 Å². The van der Waals surface area contributed by atoms with Gasteiger partial charge in [0.15, 0.2) is 12.1 Å². The molecule has 1 aromatic heterocycles. The van der Waals surface area contributed by atoms with E-state index in [4.69, 9.17) is 14.2 Å². The minimum absolute atomic E-state index is 0.390. The highest BCUT2D eigenvalue weighted by atomic mass is 16.8. The number of aliphatic hydroxyl groups is 1. The van der Waals surface area contributed by atoms with Crippen molar-refractivity contribution in [2.24, 2.45) is 0 Å². The fraction of sp³-hybridized carbons (Fsp3) is 0.500. The Morgan fingerprint density at radius 1 is 1.22 bits per heavy atom. The SMILES string of the molecule is CC1(C)O[C@H]2O[C@H](Cn3cc(-c4ccccc4)nn3)[C@H](O)[C@H]2O1. The zero-order chi connectivity index (χ0) is 16.0. The molecular weight excluding hydrogens is 298 g/mol. The summed E-state index contributed by atoms with van der Waals surface area (Å²) in [5.41, 5.74) is 1.78. The monoisotopic (exact) mass is 317 g/mol. The summed E-state index contributed by atoms with van der Waals surface area (Å²) in [6.45, 7) is 4.00. The fourth-order valence-electron chi connectivity index (χ4n) is 3.02. The van der Waals surface area contributed by atoms with Crippen LogP contribution in [0, 0.1) is 0 Å². The molecule has 0 unspecified atom stereocenters. The summed E-state index contributed by atoms with van der Waals surface area (Å²) in [4.78, 5) is 0. The molecule has 0 radical (unpaired) electrons. The van der Waals surface area contributed by atoms with Gasteiger partial charge in [0, 0.05) is 5.56 Å². The lowest BCUT2D eigenvalue weighted by Crippen LogP contribution is -2.36. The van der Waals surface area contributed by atoms with E-state index in [9.17, 15) is 5.11 Å². The molecular formula is C16H19N3O4. The van der Waals surface area contributed by atoms with Crippen LogP contribution < -0.4 is 0 Å². The fourth-order valence-corrected chi connectivity index (χ4v) is 3.02. The number of aromatic nitrogens is 3. The Labute approximate surface area is 133 Å². The molecule has 23 heavy (non-hydrogen) atoms. The maximum Gasteiger partial charge on any atom is 0.190 e. The van der Waals surface area contributed by atoms with Gasteiger partial charge in [0.2, 0.25) is 0 Å². The highest BCUT2D eigenvalue weighted by Gasteiger charge is 2.54. The van der Waals surface area contributed by atoms with Gasteiger partial charge in [-0.05, 0) is 13.8 Å². The molecule has 1 N–H and O–H groups in total. The molecule has 0 spiro atoms. The van der Waals surface area contributed by atoms with E-state index in [2.05, 4.69) is 10.3 Å². The topological polar surface area (TPSA) is 78.6 Å². The third-order valence-electron chi connectivity index (χ3n) is 4.09. The third-order valence-corrected chi connectivity index (χ3v) is 4.09. The van der Waals surface area contributed by atoms with Crippen LogP contribution in [0.15, 0.2) is 36.5 Å². The number of benzene rings is 1. The molecule has 2 aliphatic heterocycles. The first-order valence-corrected chi connectivity index (χ1v) is 7.66. The lowest BCUT2D eigenvalue weighted by Gasteiger charge is -2.22. The quantitative estimate of drug-likeness (QED) is 0.916. The van der Waals surface area contributed by atoms with Crippen molar-refractivity contribution in [3.63, 3.8) is 0 Å². The number of fused-ring (bicyclic) bond motifs is 1. The van der Waals surface area contributed by atoms with Gasteiger partial charge in [-0.3, -0.25) is 0 Å². The van der Waals surface area contributed by atoms with Gasteiger partial charge < -0.3 is 19.3 Å². The smallest absolute Gasteiger partial charge is 0.190 e. The molecule has 7 heteroatoms. The Morgan fingerprint density at radius 2 is 2.00 bits per heavy atom. The van der Waals surface area contributed by atoms with Gasteiger partial charge in [0.05, 0.1) is 12.7 Å². The van der Waals surface area contributed by atoms with Crippen molar-refractivity contribution >= 4 is 0 Å². The van der Waals surface area contributed by atoms with E-state index in [0.29, 0.717) is 6.54 Å². The number of ether oxygens (including phenoxy) is 3. The predicted molar refractivity (Wildman–Crippen MR) is 80.2 cm³/mol. The average Bonchev–Trinajstić information content (AvgIpc) is 3.17. The maximum absolute atomic E-state index is 10.4. The predicted octanol–water partition coefficient (Wildman–Crippen LogP) is 1.18. The van der Waals surface area contributed by atoms with Crippen molar-refractivity contribution in [1.29, 1.82) is 0 Å². The Hall–Kier alpha value is -1.80. The summed E-state index contributed by atoms with van der Waals surface area (Å²) in [6, 6.07) is 9.81. The van der Waals surface area contributed by atoms with Gasteiger partial charge in [0.25, 0.3) is 0 Å². The zero-order valence-corrected chi connectivity index (χ0v) is 13.0. The van der Waals surface area contributed by atoms with Crippen LogP contribution >= 0.6 is 0 Å². The highest BCUT2D eigenvalue weighted by molar-refractivity contribution is 5.57. The van der Waals surface area contributed by atoms with Crippen molar-refractivity contribution in [2.45, 2.75) is 50.8 Å². The number of hydrogen-bond acceptors (Lipinski definition) is 6. The molecule has 122 valence electrons. The summed E-state index contributed by atoms with van der Waals surface area (Å²) in [5.74, 6) is -0.727. The summed E-state index contributed by atoms with van der Waals surface area (Å²) < 4.78 is 18.8. The molecule has 0 aliphatic carbocycles. The van der Waals surface area contributed by atoms with Crippen LogP contribution in [0.4, 0.5) is 0 Å². The van der Waals surface area contributed by atoms with Crippen molar-refractivity contribution in [3.8, 4) is 11.3 Å². The second kappa shape index (κ2) is 5.38. The highest BCUT2D eigenvalue weighted by Crippen LogP contribution is 2.37. The number of rotatable bonds is 3. The van der Waals surface area contributed by atoms with Gasteiger partial charge in [-0.15, -0.1) is 5.10 Å². The molecule has 7 nitrogen and oxygen atoms in total. The van der Waals surface area contributed by atoms with Gasteiger partial charge in [0.1, 0.15) is 24.0 Å². The molecule has 2 aromatic rings. The van der Waals surface area contributed by atoms with E-state index in [-0.39, 0.29) is 0 Å². The van der Waals surface area contributed by atoms with Gasteiger partial charge in [-0.1, -0.05) is 35.5 Å². The number of aliphatic hydroxyl groups excluding tert-OH is 1. The molecule has 0 saturated carbocycles. The van der Waals surface area contributed by atoms with Crippen LogP contribution in [0.3, 0.4) is 0 Å². The van der Waals surface area contributed by atoms with Crippen LogP contribution in [0.25, 0.3) is 11.3 Å². The van der Waals surface area contributed by atoms with Gasteiger partial charge in [-0.25, -0.2) is 4.68 Å². The summed E-state index contributed by atoms with van der Waals surface area (Å²) in [5, 5.41) is 18.7. The molecule has 2 saturated heterocycles. The van der Waals surface area contributed by atoms with E-state index in [0.717, 1.165) is 11.3 Å². The lowest BCUT2D eigenvalue weighted by atomic mass is 10.1. The lowest BCUT2D eigenvalue weighted by molar-refractivity contribution is -0.216. The minimum Gasteiger partial charge on any atom is -0.387 e. The Kier molecular flexibility index (Phi) is 3.46. The van der Waals surface area contributed by atoms with Crippen LogP contribution in [-0.2, 0) is 20.8 Å².